The third-order valence-electron chi connectivity index (χ3n) is 5.25. The number of rotatable bonds is 5. The minimum atomic E-state index is -4.50. The van der Waals surface area contributed by atoms with E-state index in [1.54, 1.807) is 16.0 Å². The van der Waals surface area contributed by atoms with Crippen LogP contribution in [0.4, 0.5) is 19.0 Å². The Morgan fingerprint density at radius 3 is 2.44 bits per heavy atom. The molecule has 168 valence electrons. The number of piperazine rings is 1. The number of pyridine rings is 1. The van der Waals surface area contributed by atoms with Gasteiger partial charge in [0, 0.05) is 50.8 Å². The molecule has 3 aromatic rings. The van der Waals surface area contributed by atoms with E-state index in [2.05, 4.69) is 9.97 Å². The minimum absolute atomic E-state index is 0.0319. The summed E-state index contributed by atoms with van der Waals surface area (Å²) in [5, 5.41) is -0.0577. The van der Waals surface area contributed by atoms with Crippen molar-refractivity contribution in [2.45, 2.75) is 19.0 Å². The van der Waals surface area contributed by atoms with E-state index in [0.29, 0.717) is 50.1 Å². The number of hydrogen-bond acceptors (Lipinski definition) is 5. The third-order valence-corrected chi connectivity index (χ3v) is 5.52. The molecule has 6 nitrogen and oxygen atoms in total. The largest absolute Gasteiger partial charge is 0.441 e. The van der Waals surface area contributed by atoms with Crippen molar-refractivity contribution in [3.05, 3.63) is 65.3 Å². The number of carbonyl (C=O) groups is 1. The van der Waals surface area contributed by atoms with E-state index in [0.717, 1.165) is 17.8 Å². The van der Waals surface area contributed by atoms with Crippen LogP contribution in [0.25, 0.3) is 11.3 Å². The Labute approximate surface area is 187 Å². The molecule has 0 bridgehead atoms. The summed E-state index contributed by atoms with van der Waals surface area (Å²) in [6, 6.07) is 10.5. The maximum absolute atomic E-state index is 12.8. The van der Waals surface area contributed by atoms with Crippen LogP contribution in [-0.4, -0.2) is 47.0 Å². The van der Waals surface area contributed by atoms with Gasteiger partial charge < -0.3 is 14.2 Å². The number of alkyl halides is 3. The number of benzene rings is 1. The summed E-state index contributed by atoms with van der Waals surface area (Å²) >= 11 is 6.03. The zero-order valence-corrected chi connectivity index (χ0v) is 17.7. The van der Waals surface area contributed by atoms with Crippen molar-refractivity contribution in [3.8, 4) is 11.3 Å². The zero-order chi connectivity index (χ0) is 22.7. The molecule has 0 spiro atoms. The molecule has 1 aromatic carbocycles. The van der Waals surface area contributed by atoms with Crippen molar-refractivity contribution in [3.63, 3.8) is 0 Å². The molecular weight excluding hydrogens is 445 g/mol. The topological polar surface area (TPSA) is 62.5 Å². The Kier molecular flexibility index (Phi) is 6.36. The van der Waals surface area contributed by atoms with Crippen LogP contribution in [0, 0.1) is 0 Å². The number of hydrogen-bond donors (Lipinski definition) is 0. The predicted molar refractivity (Wildman–Crippen MR) is 113 cm³/mol. The van der Waals surface area contributed by atoms with Gasteiger partial charge in [-0.25, -0.2) is 9.97 Å². The highest BCUT2D eigenvalue weighted by molar-refractivity contribution is 6.33. The number of oxazole rings is 1. The molecule has 0 radical (unpaired) electrons. The predicted octanol–water partition coefficient (Wildman–Crippen LogP) is 4.69. The van der Waals surface area contributed by atoms with Gasteiger partial charge in [-0.05, 0) is 6.07 Å². The Morgan fingerprint density at radius 2 is 1.78 bits per heavy atom. The van der Waals surface area contributed by atoms with Crippen LogP contribution < -0.4 is 4.90 Å². The van der Waals surface area contributed by atoms with Crippen LogP contribution in [0.1, 0.15) is 17.9 Å². The molecule has 32 heavy (non-hydrogen) atoms. The first-order valence-corrected chi connectivity index (χ1v) is 10.4. The molecule has 1 amide bonds. The van der Waals surface area contributed by atoms with Gasteiger partial charge in [0.05, 0.1) is 16.8 Å². The molecule has 1 aliphatic heterocycles. The Bertz CT molecular complexity index is 1080. The fraction of sp³-hybridized carbons (Fsp3) is 0.318. The highest BCUT2D eigenvalue weighted by Gasteiger charge is 2.32. The fourth-order valence-corrected chi connectivity index (χ4v) is 3.81. The van der Waals surface area contributed by atoms with Gasteiger partial charge in [0.2, 0.25) is 5.91 Å². The number of carbonyl (C=O) groups excluding carboxylic acids is 1. The van der Waals surface area contributed by atoms with Gasteiger partial charge in [-0.15, -0.1) is 0 Å². The summed E-state index contributed by atoms with van der Waals surface area (Å²) in [4.78, 5) is 24.2. The summed E-state index contributed by atoms with van der Waals surface area (Å²) in [5.41, 5.74) is 0.0336. The first kappa shape index (κ1) is 22.1. The molecule has 0 N–H and O–H groups in total. The number of amides is 1. The van der Waals surface area contributed by atoms with Crippen LogP contribution >= 0.6 is 11.6 Å². The average Bonchev–Trinajstić information content (AvgIpc) is 3.27. The summed E-state index contributed by atoms with van der Waals surface area (Å²) in [6.07, 6.45) is -1.43. The van der Waals surface area contributed by atoms with Gasteiger partial charge in [0.1, 0.15) is 5.82 Å². The molecule has 4 rings (SSSR count). The summed E-state index contributed by atoms with van der Waals surface area (Å²) in [5.74, 6) is 1.41. The lowest BCUT2D eigenvalue weighted by molar-refractivity contribution is -0.137. The van der Waals surface area contributed by atoms with E-state index in [1.807, 2.05) is 30.3 Å². The molecule has 0 atom stereocenters. The lowest BCUT2D eigenvalue weighted by Gasteiger charge is -2.35. The van der Waals surface area contributed by atoms with Crippen molar-refractivity contribution in [2.75, 3.05) is 31.1 Å². The number of aromatic nitrogens is 2. The van der Waals surface area contributed by atoms with E-state index >= 15 is 0 Å². The van der Waals surface area contributed by atoms with Gasteiger partial charge >= 0.3 is 6.18 Å². The van der Waals surface area contributed by atoms with Crippen LogP contribution in [0.2, 0.25) is 5.02 Å². The zero-order valence-electron chi connectivity index (χ0n) is 17.0. The number of nitrogens with zero attached hydrogens (tertiary/aromatic N) is 4. The SMILES string of the molecule is O=C(CCc1ncc(-c2ccccc2)o1)N1CCN(c2ncc(C(F)(F)F)cc2Cl)CC1. The highest BCUT2D eigenvalue weighted by Crippen LogP contribution is 2.33. The van der Waals surface area contributed by atoms with Crippen molar-refractivity contribution in [1.82, 2.24) is 14.9 Å². The summed E-state index contributed by atoms with van der Waals surface area (Å²) in [7, 11) is 0. The summed E-state index contributed by atoms with van der Waals surface area (Å²) < 4.78 is 44.1. The maximum atomic E-state index is 12.8. The fourth-order valence-electron chi connectivity index (χ4n) is 3.52. The Hall–Kier alpha value is -3.07. The molecule has 2 aromatic heterocycles. The van der Waals surface area contributed by atoms with E-state index < -0.39 is 11.7 Å². The minimum Gasteiger partial charge on any atom is -0.441 e. The maximum Gasteiger partial charge on any atom is 0.417 e. The van der Waals surface area contributed by atoms with Gasteiger partial charge in [-0.2, -0.15) is 13.2 Å². The van der Waals surface area contributed by atoms with E-state index in [4.69, 9.17) is 16.0 Å². The van der Waals surface area contributed by atoms with Gasteiger partial charge in [-0.3, -0.25) is 4.79 Å². The molecule has 0 saturated carbocycles. The van der Waals surface area contributed by atoms with Crippen molar-refractivity contribution in [2.24, 2.45) is 0 Å². The van der Waals surface area contributed by atoms with Crippen LogP contribution in [0.15, 0.2) is 53.2 Å². The quantitative estimate of drug-likeness (QED) is 0.548. The lowest BCUT2D eigenvalue weighted by Crippen LogP contribution is -2.49. The van der Waals surface area contributed by atoms with Gasteiger partial charge in [0.25, 0.3) is 0 Å². The molecule has 0 aliphatic carbocycles. The summed E-state index contributed by atoms with van der Waals surface area (Å²) in [6.45, 7) is 1.72. The van der Waals surface area contributed by atoms with Crippen LogP contribution in [0.3, 0.4) is 0 Å². The second-order valence-corrected chi connectivity index (χ2v) is 7.79. The molecule has 1 saturated heterocycles. The number of halogens is 4. The van der Waals surface area contributed by atoms with Crippen LogP contribution in [0.5, 0.6) is 0 Å². The van der Waals surface area contributed by atoms with Gasteiger partial charge in [-0.1, -0.05) is 41.9 Å². The first-order valence-electron chi connectivity index (χ1n) is 10.1. The average molecular weight is 465 g/mol. The highest BCUT2D eigenvalue weighted by atomic mass is 35.5. The molecule has 1 fully saturated rings. The van der Waals surface area contributed by atoms with Crippen molar-refractivity contribution >= 4 is 23.3 Å². The Morgan fingerprint density at radius 1 is 1.06 bits per heavy atom. The Balaban J connectivity index is 1.29. The second-order valence-electron chi connectivity index (χ2n) is 7.38. The standard InChI is InChI=1S/C22H20ClF3N4O2/c23-17-12-16(22(24,25)26)13-28-21(17)30-10-8-29(9-11-30)20(31)7-6-19-27-14-18(32-19)15-4-2-1-3-5-15/h1-5,12-14H,6-11H2. The van der Waals surface area contributed by atoms with Gasteiger partial charge in [0.15, 0.2) is 11.7 Å². The molecule has 0 unspecified atom stereocenters. The first-order chi connectivity index (χ1) is 15.3. The molecular formula is C22H20ClF3N4O2. The van der Waals surface area contributed by atoms with E-state index in [1.165, 1.54) is 0 Å². The van der Waals surface area contributed by atoms with Crippen molar-refractivity contribution < 1.29 is 22.4 Å². The lowest BCUT2D eigenvalue weighted by atomic mass is 10.2. The van der Waals surface area contributed by atoms with Crippen molar-refractivity contribution in [1.29, 1.82) is 0 Å². The van der Waals surface area contributed by atoms with E-state index in [-0.39, 0.29) is 17.4 Å². The molecule has 10 heteroatoms. The smallest absolute Gasteiger partial charge is 0.417 e. The molecule has 1 aliphatic rings. The van der Waals surface area contributed by atoms with Crippen LogP contribution in [-0.2, 0) is 17.4 Å². The number of anilines is 1. The van der Waals surface area contributed by atoms with E-state index in [9.17, 15) is 18.0 Å². The monoisotopic (exact) mass is 464 g/mol. The number of aryl methyl sites for hydroxylation is 1. The normalized spacial score (nSPS) is 14.6. The second kappa shape index (κ2) is 9.20. The molecule has 3 heterocycles. The third kappa shape index (κ3) is 5.04.